The highest BCUT2D eigenvalue weighted by atomic mass is 35.5. The van der Waals surface area contributed by atoms with Gasteiger partial charge in [0.1, 0.15) is 0 Å². The molecule has 0 saturated heterocycles. The fourth-order valence-corrected chi connectivity index (χ4v) is 2.82. The Morgan fingerprint density at radius 2 is 2.26 bits per heavy atom. The number of benzene rings is 1. The molecular weight excluding hydrogens is 282 g/mol. The second kappa shape index (κ2) is 5.03. The molecule has 0 saturated carbocycles. The van der Waals surface area contributed by atoms with E-state index in [1.807, 2.05) is 18.2 Å². The molecule has 3 aromatic rings. The predicted molar refractivity (Wildman–Crippen MR) is 76.6 cm³/mol. The Morgan fingerprint density at radius 3 is 3.05 bits per heavy atom. The van der Waals surface area contributed by atoms with Gasteiger partial charge in [-0.15, -0.1) is 11.3 Å². The molecule has 1 aromatic carbocycles. The van der Waals surface area contributed by atoms with Crippen molar-refractivity contribution in [1.82, 2.24) is 15.3 Å². The minimum absolute atomic E-state index is 0.110. The van der Waals surface area contributed by atoms with Crippen LogP contribution in [0.4, 0.5) is 0 Å². The van der Waals surface area contributed by atoms with Crippen molar-refractivity contribution in [1.29, 1.82) is 0 Å². The van der Waals surface area contributed by atoms with Gasteiger partial charge < -0.3 is 10.3 Å². The second-order valence-corrected chi connectivity index (χ2v) is 5.82. The highest BCUT2D eigenvalue weighted by molar-refractivity contribution is 7.16. The molecule has 3 rings (SSSR count). The minimum Gasteiger partial charge on any atom is -0.347 e. The average molecular weight is 292 g/mol. The van der Waals surface area contributed by atoms with Crippen molar-refractivity contribution in [2.75, 3.05) is 0 Å². The van der Waals surface area contributed by atoms with E-state index >= 15 is 0 Å². The molecule has 4 nitrogen and oxygen atoms in total. The van der Waals surface area contributed by atoms with Gasteiger partial charge in [-0.2, -0.15) is 0 Å². The third kappa shape index (κ3) is 2.62. The van der Waals surface area contributed by atoms with Gasteiger partial charge in [-0.25, -0.2) is 4.98 Å². The van der Waals surface area contributed by atoms with Crippen molar-refractivity contribution >= 4 is 39.9 Å². The van der Waals surface area contributed by atoms with Gasteiger partial charge in [0.2, 0.25) is 0 Å². The normalized spacial score (nSPS) is 10.8. The van der Waals surface area contributed by atoms with Crippen molar-refractivity contribution in [2.45, 2.75) is 6.54 Å². The Labute approximate surface area is 118 Å². The monoisotopic (exact) mass is 291 g/mol. The fraction of sp³-hybridized carbons (Fsp3) is 0.0769. The summed E-state index contributed by atoms with van der Waals surface area (Å²) in [5, 5.41) is 2.86. The molecule has 0 fully saturated rings. The van der Waals surface area contributed by atoms with E-state index in [9.17, 15) is 4.79 Å². The number of carbonyl (C=O) groups is 1. The Balaban J connectivity index is 1.72. The zero-order chi connectivity index (χ0) is 13.2. The molecule has 0 bridgehead atoms. The maximum Gasteiger partial charge on any atom is 0.251 e. The third-order valence-electron chi connectivity index (χ3n) is 2.73. The summed E-state index contributed by atoms with van der Waals surface area (Å²) in [6.45, 7) is 0.483. The van der Waals surface area contributed by atoms with Crippen LogP contribution >= 0.6 is 22.9 Å². The zero-order valence-corrected chi connectivity index (χ0v) is 11.4. The van der Waals surface area contributed by atoms with E-state index in [0.29, 0.717) is 12.1 Å². The minimum atomic E-state index is -0.110. The first kappa shape index (κ1) is 12.2. The van der Waals surface area contributed by atoms with Crippen LogP contribution in [0.25, 0.3) is 11.0 Å². The van der Waals surface area contributed by atoms with E-state index in [-0.39, 0.29) is 5.91 Å². The number of thiophene rings is 1. The van der Waals surface area contributed by atoms with E-state index in [1.165, 1.54) is 11.3 Å². The van der Waals surface area contributed by atoms with Crippen LogP contribution in [0.3, 0.4) is 0 Å². The molecule has 0 aliphatic heterocycles. The van der Waals surface area contributed by atoms with Gasteiger partial charge in [-0.05, 0) is 30.3 Å². The first-order chi connectivity index (χ1) is 9.22. The molecule has 0 aliphatic carbocycles. The zero-order valence-electron chi connectivity index (χ0n) is 9.81. The highest BCUT2D eigenvalue weighted by Crippen LogP contribution is 2.21. The molecule has 2 heterocycles. The number of hydrogen-bond acceptors (Lipinski definition) is 3. The van der Waals surface area contributed by atoms with E-state index < -0.39 is 0 Å². The molecule has 2 aromatic heterocycles. The number of nitrogens with zero attached hydrogens (tertiary/aromatic N) is 1. The van der Waals surface area contributed by atoms with Crippen LogP contribution in [0.15, 0.2) is 36.7 Å². The number of imidazole rings is 1. The lowest BCUT2D eigenvalue weighted by Gasteiger charge is -2.03. The van der Waals surface area contributed by atoms with Gasteiger partial charge in [0.05, 0.1) is 28.2 Å². The van der Waals surface area contributed by atoms with Gasteiger partial charge in [-0.3, -0.25) is 4.79 Å². The number of aromatic amines is 1. The summed E-state index contributed by atoms with van der Waals surface area (Å²) >= 11 is 7.30. The molecule has 1 amide bonds. The van der Waals surface area contributed by atoms with E-state index in [2.05, 4.69) is 15.3 Å². The summed E-state index contributed by atoms with van der Waals surface area (Å²) in [6, 6.07) is 9.11. The Bertz CT molecular complexity index is 734. The van der Waals surface area contributed by atoms with Crippen LogP contribution in [0, 0.1) is 0 Å². The quantitative estimate of drug-likeness (QED) is 0.778. The second-order valence-electron chi connectivity index (χ2n) is 4.02. The number of amides is 1. The summed E-state index contributed by atoms with van der Waals surface area (Å²) < 4.78 is 0.725. The number of carbonyl (C=O) groups excluding carboxylic acids is 1. The standard InChI is InChI=1S/C13H10ClN3OS/c14-12-4-2-9(19-12)6-15-13(18)8-1-3-10-11(5-8)17-7-16-10/h1-5,7H,6H2,(H,15,18)(H,16,17). The predicted octanol–water partition coefficient (Wildman–Crippen LogP) is 3.21. The molecule has 96 valence electrons. The van der Waals surface area contributed by atoms with E-state index in [4.69, 9.17) is 11.6 Å². The summed E-state index contributed by atoms with van der Waals surface area (Å²) in [5.41, 5.74) is 2.31. The van der Waals surface area contributed by atoms with Gasteiger partial charge >= 0.3 is 0 Å². The van der Waals surface area contributed by atoms with Crippen LogP contribution in [0.5, 0.6) is 0 Å². The number of rotatable bonds is 3. The fourth-order valence-electron chi connectivity index (χ4n) is 1.79. The van der Waals surface area contributed by atoms with E-state index in [1.54, 1.807) is 18.5 Å². The number of H-pyrrole nitrogens is 1. The highest BCUT2D eigenvalue weighted by Gasteiger charge is 2.07. The molecule has 6 heteroatoms. The smallest absolute Gasteiger partial charge is 0.251 e. The molecular formula is C13H10ClN3OS. The number of hydrogen-bond donors (Lipinski definition) is 2. The van der Waals surface area contributed by atoms with Crippen molar-refractivity contribution in [3.63, 3.8) is 0 Å². The lowest BCUT2D eigenvalue weighted by Crippen LogP contribution is -2.22. The molecule has 0 spiro atoms. The van der Waals surface area contributed by atoms with Crippen LogP contribution in [0.2, 0.25) is 4.34 Å². The first-order valence-corrected chi connectivity index (χ1v) is 6.87. The largest absolute Gasteiger partial charge is 0.347 e. The van der Waals surface area contributed by atoms with Crippen molar-refractivity contribution in [2.24, 2.45) is 0 Å². The van der Waals surface area contributed by atoms with Crippen molar-refractivity contribution in [3.8, 4) is 0 Å². The maximum absolute atomic E-state index is 12.0. The summed E-state index contributed by atoms with van der Waals surface area (Å²) in [6.07, 6.45) is 1.61. The lowest BCUT2D eigenvalue weighted by molar-refractivity contribution is 0.0951. The Morgan fingerprint density at radius 1 is 1.37 bits per heavy atom. The molecule has 19 heavy (non-hydrogen) atoms. The Hall–Kier alpha value is -1.85. The number of nitrogens with one attached hydrogen (secondary N) is 2. The van der Waals surface area contributed by atoms with Crippen molar-refractivity contribution < 1.29 is 4.79 Å². The van der Waals surface area contributed by atoms with Crippen LogP contribution in [-0.2, 0) is 6.54 Å². The summed E-state index contributed by atoms with van der Waals surface area (Å²) in [5.74, 6) is -0.110. The average Bonchev–Trinajstić information content (AvgIpc) is 3.03. The number of aromatic nitrogens is 2. The maximum atomic E-state index is 12.0. The van der Waals surface area contributed by atoms with Gasteiger partial charge in [0.25, 0.3) is 5.91 Å². The molecule has 0 unspecified atom stereocenters. The van der Waals surface area contributed by atoms with Crippen LogP contribution in [0.1, 0.15) is 15.2 Å². The third-order valence-corrected chi connectivity index (χ3v) is 3.97. The topological polar surface area (TPSA) is 57.8 Å². The Kier molecular flexibility index (Phi) is 3.23. The van der Waals surface area contributed by atoms with Crippen LogP contribution in [-0.4, -0.2) is 15.9 Å². The summed E-state index contributed by atoms with van der Waals surface area (Å²) in [4.78, 5) is 20.1. The SMILES string of the molecule is O=C(NCc1ccc(Cl)s1)c1ccc2nc[nH]c2c1. The van der Waals surface area contributed by atoms with Gasteiger partial charge in [-0.1, -0.05) is 11.6 Å². The van der Waals surface area contributed by atoms with E-state index in [0.717, 1.165) is 20.2 Å². The van der Waals surface area contributed by atoms with Crippen molar-refractivity contribution in [3.05, 3.63) is 51.4 Å². The summed E-state index contributed by atoms with van der Waals surface area (Å²) in [7, 11) is 0. The number of fused-ring (bicyclic) bond motifs is 1. The van der Waals surface area contributed by atoms with Gasteiger partial charge in [0, 0.05) is 10.4 Å². The molecule has 0 atom stereocenters. The molecule has 0 radical (unpaired) electrons. The molecule has 2 N–H and O–H groups in total. The first-order valence-electron chi connectivity index (χ1n) is 5.68. The lowest BCUT2D eigenvalue weighted by atomic mass is 10.2. The van der Waals surface area contributed by atoms with Gasteiger partial charge in [0.15, 0.2) is 0 Å². The number of halogens is 1. The van der Waals surface area contributed by atoms with Crippen LogP contribution < -0.4 is 5.32 Å². The molecule has 0 aliphatic rings.